The first-order valence-electron chi connectivity index (χ1n) is 8.47. The average molecular weight is 288 g/mol. The van der Waals surface area contributed by atoms with Crippen molar-refractivity contribution in [3.8, 4) is 5.75 Å². The van der Waals surface area contributed by atoms with Gasteiger partial charge in [0.25, 0.3) is 0 Å². The number of hydrogen-bond donors (Lipinski definition) is 1. The van der Waals surface area contributed by atoms with Crippen LogP contribution in [0.1, 0.15) is 38.2 Å². The molecule has 1 aliphatic heterocycles. The van der Waals surface area contributed by atoms with Gasteiger partial charge in [0.05, 0.1) is 0 Å². The Kier molecular flexibility index (Phi) is 5.15. The van der Waals surface area contributed by atoms with Crippen molar-refractivity contribution in [3.05, 3.63) is 29.8 Å². The zero-order valence-electron chi connectivity index (χ0n) is 13.2. The smallest absolute Gasteiger partial charge is 0.119 e. The lowest BCUT2D eigenvalue weighted by atomic mass is 9.99. The van der Waals surface area contributed by atoms with Gasteiger partial charge in [-0.15, -0.1) is 0 Å². The number of piperidine rings is 1. The molecule has 0 bridgehead atoms. The fourth-order valence-corrected chi connectivity index (χ4v) is 2.87. The van der Waals surface area contributed by atoms with Gasteiger partial charge in [0.15, 0.2) is 0 Å². The molecule has 1 aromatic carbocycles. The molecule has 0 aromatic heterocycles. The Balaban J connectivity index is 1.38. The Hall–Kier alpha value is -1.06. The van der Waals surface area contributed by atoms with E-state index in [9.17, 15) is 0 Å². The van der Waals surface area contributed by atoms with E-state index in [2.05, 4.69) is 41.4 Å². The van der Waals surface area contributed by atoms with Gasteiger partial charge in [-0.2, -0.15) is 0 Å². The normalized spacial score (nSPS) is 20.6. The summed E-state index contributed by atoms with van der Waals surface area (Å²) >= 11 is 0. The Morgan fingerprint density at radius 2 is 2.00 bits per heavy atom. The highest BCUT2D eigenvalue weighted by atomic mass is 16.5. The molecule has 0 radical (unpaired) electrons. The van der Waals surface area contributed by atoms with E-state index in [1.807, 2.05) is 0 Å². The third kappa shape index (κ3) is 5.01. The van der Waals surface area contributed by atoms with Crippen molar-refractivity contribution >= 4 is 0 Å². The van der Waals surface area contributed by atoms with E-state index in [1.165, 1.54) is 44.3 Å². The summed E-state index contributed by atoms with van der Waals surface area (Å²) in [5, 5.41) is 3.55. The number of ether oxygens (including phenoxy) is 1. The Bertz CT molecular complexity index is 437. The van der Waals surface area contributed by atoms with Gasteiger partial charge in [0.1, 0.15) is 12.4 Å². The van der Waals surface area contributed by atoms with Crippen molar-refractivity contribution in [1.29, 1.82) is 0 Å². The molecule has 1 saturated carbocycles. The van der Waals surface area contributed by atoms with Gasteiger partial charge in [0.2, 0.25) is 0 Å². The summed E-state index contributed by atoms with van der Waals surface area (Å²) in [5.74, 6) is 1.91. The third-order valence-electron chi connectivity index (χ3n) is 4.62. The number of benzene rings is 1. The molecule has 1 saturated heterocycles. The van der Waals surface area contributed by atoms with Crippen LogP contribution in [0.4, 0.5) is 0 Å². The first-order chi connectivity index (χ1) is 10.3. The van der Waals surface area contributed by atoms with E-state index >= 15 is 0 Å². The van der Waals surface area contributed by atoms with Crippen LogP contribution in [-0.4, -0.2) is 37.2 Å². The molecule has 3 nitrogen and oxygen atoms in total. The minimum absolute atomic E-state index is 0.760. The van der Waals surface area contributed by atoms with Gasteiger partial charge in [-0.3, -0.25) is 4.90 Å². The summed E-state index contributed by atoms with van der Waals surface area (Å²) in [6.07, 6.45) is 5.35. The van der Waals surface area contributed by atoms with Crippen molar-refractivity contribution in [2.24, 2.45) is 5.92 Å². The molecular weight excluding hydrogens is 260 g/mol. The van der Waals surface area contributed by atoms with Gasteiger partial charge in [-0.1, -0.05) is 19.1 Å². The second kappa shape index (κ2) is 7.28. The van der Waals surface area contributed by atoms with Crippen molar-refractivity contribution in [2.45, 2.75) is 45.2 Å². The molecule has 0 atom stereocenters. The fraction of sp³-hybridized carbons (Fsp3) is 0.667. The van der Waals surface area contributed by atoms with E-state index in [0.717, 1.165) is 37.4 Å². The summed E-state index contributed by atoms with van der Waals surface area (Å²) in [6.45, 7) is 7.64. The molecule has 1 N–H and O–H groups in total. The summed E-state index contributed by atoms with van der Waals surface area (Å²) in [7, 11) is 0. The minimum atomic E-state index is 0.760. The molecule has 3 heteroatoms. The van der Waals surface area contributed by atoms with Crippen LogP contribution in [0.15, 0.2) is 24.3 Å². The molecule has 0 amide bonds. The largest absolute Gasteiger partial charge is 0.492 e. The van der Waals surface area contributed by atoms with Gasteiger partial charge >= 0.3 is 0 Å². The number of nitrogens with zero attached hydrogens (tertiary/aromatic N) is 1. The van der Waals surface area contributed by atoms with E-state index in [-0.39, 0.29) is 0 Å². The molecular formula is C18H28N2O. The number of likely N-dealkylation sites (tertiary alicyclic amines) is 1. The monoisotopic (exact) mass is 288 g/mol. The van der Waals surface area contributed by atoms with Crippen LogP contribution < -0.4 is 10.1 Å². The van der Waals surface area contributed by atoms with E-state index in [1.54, 1.807) is 0 Å². The standard InChI is InChI=1S/C18H28N2O/c1-15-7-9-20(10-8-15)11-12-21-18-4-2-3-16(13-18)14-19-17-5-6-17/h2-4,13,15,17,19H,5-12,14H2,1H3. The highest BCUT2D eigenvalue weighted by Gasteiger charge is 2.20. The quantitative estimate of drug-likeness (QED) is 0.834. The van der Waals surface area contributed by atoms with Gasteiger partial charge < -0.3 is 10.1 Å². The molecule has 116 valence electrons. The summed E-state index contributed by atoms with van der Waals surface area (Å²) in [5.41, 5.74) is 1.33. The molecule has 0 spiro atoms. The summed E-state index contributed by atoms with van der Waals surface area (Å²) in [4.78, 5) is 2.53. The lowest BCUT2D eigenvalue weighted by Gasteiger charge is -2.29. The van der Waals surface area contributed by atoms with Crippen LogP contribution in [0, 0.1) is 5.92 Å². The highest BCUT2D eigenvalue weighted by Crippen LogP contribution is 2.20. The third-order valence-corrected chi connectivity index (χ3v) is 4.62. The van der Waals surface area contributed by atoms with E-state index in [0.29, 0.717) is 0 Å². The zero-order chi connectivity index (χ0) is 14.5. The van der Waals surface area contributed by atoms with Crippen LogP contribution in [0.3, 0.4) is 0 Å². The topological polar surface area (TPSA) is 24.5 Å². The molecule has 3 rings (SSSR count). The lowest BCUT2D eigenvalue weighted by Crippen LogP contribution is -2.35. The van der Waals surface area contributed by atoms with Crippen molar-refractivity contribution in [1.82, 2.24) is 10.2 Å². The molecule has 2 aliphatic rings. The maximum absolute atomic E-state index is 5.93. The number of hydrogen-bond acceptors (Lipinski definition) is 3. The first-order valence-corrected chi connectivity index (χ1v) is 8.47. The molecule has 2 fully saturated rings. The molecule has 21 heavy (non-hydrogen) atoms. The molecule has 1 aliphatic carbocycles. The SMILES string of the molecule is CC1CCN(CCOc2cccc(CNC3CC3)c2)CC1. The van der Waals surface area contributed by atoms with Gasteiger partial charge in [-0.25, -0.2) is 0 Å². The number of rotatable bonds is 7. The van der Waals surface area contributed by atoms with Crippen LogP contribution in [0.5, 0.6) is 5.75 Å². The molecule has 1 heterocycles. The van der Waals surface area contributed by atoms with Crippen molar-refractivity contribution in [3.63, 3.8) is 0 Å². The van der Waals surface area contributed by atoms with Crippen LogP contribution in [-0.2, 0) is 6.54 Å². The Morgan fingerprint density at radius 3 is 2.76 bits per heavy atom. The van der Waals surface area contributed by atoms with Crippen molar-refractivity contribution in [2.75, 3.05) is 26.2 Å². The van der Waals surface area contributed by atoms with Crippen LogP contribution in [0.25, 0.3) is 0 Å². The fourth-order valence-electron chi connectivity index (χ4n) is 2.87. The second-order valence-electron chi connectivity index (χ2n) is 6.68. The van der Waals surface area contributed by atoms with E-state index < -0.39 is 0 Å². The Morgan fingerprint density at radius 1 is 1.19 bits per heavy atom. The number of nitrogens with one attached hydrogen (secondary N) is 1. The first kappa shape index (κ1) is 14.9. The van der Waals surface area contributed by atoms with E-state index in [4.69, 9.17) is 4.74 Å². The maximum atomic E-state index is 5.93. The maximum Gasteiger partial charge on any atom is 0.119 e. The predicted octanol–water partition coefficient (Wildman–Crippen LogP) is 3.05. The highest BCUT2D eigenvalue weighted by molar-refractivity contribution is 5.28. The minimum Gasteiger partial charge on any atom is -0.492 e. The van der Waals surface area contributed by atoms with Crippen molar-refractivity contribution < 1.29 is 4.74 Å². The van der Waals surface area contributed by atoms with Gasteiger partial charge in [-0.05, 0) is 62.4 Å². The average Bonchev–Trinajstić information content (AvgIpc) is 3.32. The molecule has 0 unspecified atom stereocenters. The van der Waals surface area contributed by atoms with Gasteiger partial charge in [0, 0.05) is 19.1 Å². The van der Waals surface area contributed by atoms with Crippen LogP contribution >= 0.6 is 0 Å². The van der Waals surface area contributed by atoms with Crippen LogP contribution in [0.2, 0.25) is 0 Å². The zero-order valence-corrected chi connectivity index (χ0v) is 13.2. The Labute approximate surface area is 128 Å². The molecule has 1 aromatic rings. The second-order valence-corrected chi connectivity index (χ2v) is 6.68. The lowest BCUT2D eigenvalue weighted by molar-refractivity contribution is 0.160. The predicted molar refractivity (Wildman–Crippen MR) is 86.6 cm³/mol. The summed E-state index contributed by atoms with van der Waals surface area (Å²) < 4.78 is 5.93. The summed E-state index contributed by atoms with van der Waals surface area (Å²) in [6, 6.07) is 9.28.